The molecule has 0 spiro atoms. The van der Waals surface area contributed by atoms with E-state index in [-0.39, 0.29) is 6.09 Å². The van der Waals surface area contributed by atoms with Crippen LogP contribution in [0.4, 0.5) is 4.79 Å². The number of hydrogen-bond donors (Lipinski definition) is 0. The monoisotopic (exact) mass is 307 g/mol. The fourth-order valence-electron chi connectivity index (χ4n) is 3.06. The highest BCUT2D eigenvalue weighted by Gasteiger charge is 2.28. The van der Waals surface area contributed by atoms with Crippen LogP contribution < -0.4 is 0 Å². The first-order valence-electron chi connectivity index (χ1n) is 8.15. The molecule has 5 heteroatoms. The van der Waals surface area contributed by atoms with Gasteiger partial charge in [-0.05, 0) is 60.3 Å². The van der Waals surface area contributed by atoms with Crippen LogP contribution in [0.25, 0.3) is 0 Å². The summed E-state index contributed by atoms with van der Waals surface area (Å²) in [7, 11) is 0. The van der Waals surface area contributed by atoms with E-state index in [0.29, 0.717) is 5.92 Å². The number of aromatic nitrogens is 2. The van der Waals surface area contributed by atoms with Crippen LogP contribution in [0.3, 0.4) is 0 Å². The normalized spacial score (nSPS) is 19.4. The minimum absolute atomic E-state index is 0.188. The first kappa shape index (κ1) is 16.8. The van der Waals surface area contributed by atoms with Crippen LogP contribution >= 0.6 is 0 Å². The van der Waals surface area contributed by atoms with Crippen LogP contribution in [0, 0.1) is 26.7 Å². The van der Waals surface area contributed by atoms with E-state index < -0.39 is 5.60 Å². The van der Waals surface area contributed by atoms with Crippen molar-refractivity contribution in [2.24, 2.45) is 5.92 Å². The zero-order chi connectivity index (χ0) is 16.5. The Balaban J connectivity index is 2.00. The van der Waals surface area contributed by atoms with Gasteiger partial charge in [0.15, 0.2) is 0 Å². The fraction of sp³-hybridized carbons (Fsp3) is 0.765. The van der Waals surface area contributed by atoms with Gasteiger partial charge in [-0.15, -0.1) is 0 Å². The highest BCUT2D eigenvalue weighted by atomic mass is 16.6. The van der Waals surface area contributed by atoms with Gasteiger partial charge in [-0.1, -0.05) is 0 Å². The van der Waals surface area contributed by atoms with Gasteiger partial charge in [-0.25, -0.2) is 9.78 Å². The minimum atomic E-state index is -0.432. The van der Waals surface area contributed by atoms with Crippen molar-refractivity contribution in [1.82, 2.24) is 14.5 Å². The lowest BCUT2D eigenvalue weighted by Crippen LogP contribution is -2.43. The number of amides is 1. The Morgan fingerprint density at radius 3 is 2.55 bits per heavy atom. The molecule has 1 aromatic rings. The predicted molar refractivity (Wildman–Crippen MR) is 87.0 cm³/mol. The molecule has 0 aliphatic carbocycles. The third kappa shape index (κ3) is 4.02. The number of carbonyl (C=O) groups excluding carboxylic acids is 1. The van der Waals surface area contributed by atoms with Gasteiger partial charge in [0.05, 0.1) is 5.69 Å². The Bertz CT molecular complexity index is 543. The highest BCUT2D eigenvalue weighted by Crippen LogP contribution is 2.22. The summed E-state index contributed by atoms with van der Waals surface area (Å²) in [5.41, 5.74) is 1.89. The molecule has 5 nitrogen and oxygen atoms in total. The number of carbonyl (C=O) groups is 1. The van der Waals surface area contributed by atoms with E-state index >= 15 is 0 Å². The van der Waals surface area contributed by atoms with Crippen molar-refractivity contribution in [1.29, 1.82) is 0 Å². The van der Waals surface area contributed by atoms with E-state index in [9.17, 15) is 4.79 Å². The van der Waals surface area contributed by atoms with E-state index in [4.69, 9.17) is 4.74 Å². The van der Waals surface area contributed by atoms with Crippen molar-refractivity contribution in [3.8, 4) is 0 Å². The number of nitrogens with zero attached hydrogens (tertiary/aromatic N) is 3. The first-order valence-corrected chi connectivity index (χ1v) is 8.15. The third-order valence-corrected chi connectivity index (χ3v) is 4.26. The molecule has 1 aliphatic rings. The van der Waals surface area contributed by atoms with E-state index in [0.717, 1.165) is 44.0 Å². The molecule has 0 aromatic carbocycles. The van der Waals surface area contributed by atoms with Gasteiger partial charge < -0.3 is 14.2 Å². The van der Waals surface area contributed by atoms with E-state index in [1.807, 2.05) is 32.6 Å². The predicted octanol–water partition coefficient (Wildman–Crippen LogP) is 3.46. The second-order valence-electron chi connectivity index (χ2n) is 7.38. The molecule has 1 atom stereocenters. The minimum Gasteiger partial charge on any atom is -0.444 e. The summed E-state index contributed by atoms with van der Waals surface area (Å²) in [5, 5.41) is 0. The van der Waals surface area contributed by atoms with Crippen LogP contribution in [0.1, 0.15) is 50.8 Å². The molecule has 0 N–H and O–H groups in total. The van der Waals surface area contributed by atoms with Crippen LogP contribution in [0.2, 0.25) is 0 Å². The summed E-state index contributed by atoms with van der Waals surface area (Å²) in [4.78, 5) is 18.6. The quantitative estimate of drug-likeness (QED) is 0.840. The lowest BCUT2D eigenvalue weighted by atomic mass is 9.98. The number of rotatable bonds is 2. The van der Waals surface area contributed by atoms with Crippen molar-refractivity contribution in [3.05, 3.63) is 17.2 Å². The fourth-order valence-corrected chi connectivity index (χ4v) is 3.06. The standard InChI is InChI=1S/C17H29N3O2/c1-12-13(2)20(14(3)18-12)11-15-8-7-9-19(10-15)16(21)22-17(4,5)6/h15H,7-11H2,1-6H3/t15-/m1/s1. The van der Waals surface area contributed by atoms with Gasteiger partial charge in [0.1, 0.15) is 11.4 Å². The summed E-state index contributed by atoms with van der Waals surface area (Å²) in [5.74, 6) is 1.52. The average molecular weight is 307 g/mol. The molecule has 0 unspecified atom stereocenters. The smallest absolute Gasteiger partial charge is 0.410 e. The number of hydrogen-bond acceptors (Lipinski definition) is 3. The third-order valence-electron chi connectivity index (χ3n) is 4.26. The summed E-state index contributed by atoms with van der Waals surface area (Å²) in [6.45, 7) is 14.4. The van der Waals surface area contributed by atoms with Crippen molar-refractivity contribution >= 4 is 6.09 Å². The lowest BCUT2D eigenvalue weighted by Gasteiger charge is -2.34. The van der Waals surface area contributed by atoms with Gasteiger partial charge in [0.25, 0.3) is 0 Å². The Morgan fingerprint density at radius 1 is 1.32 bits per heavy atom. The molecular formula is C17H29N3O2. The SMILES string of the molecule is Cc1nc(C)n(C[C@@H]2CCCN(C(=O)OC(C)(C)C)C2)c1C. The molecule has 1 aromatic heterocycles. The maximum atomic E-state index is 12.2. The molecule has 0 radical (unpaired) electrons. The number of ether oxygens (including phenoxy) is 1. The van der Waals surface area contributed by atoms with Crippen molar-refractivity contribution in [2.75, 3.05) is 13.1 Å². The molecule has 22 heavy (non-hydrogen) atoms. The zero-order valence-electron chi connectivity index (χ0n) is 14.8. The summed E-state index contributed by atoms with van der Waals surface area (Å²) < 4.78 is 7.77. The van der Waals surface area contributed by atoms with Gasteiger partial charge in [-0.3, -0.25) is 0 Å². The molecule has 2 heterocycles. The second-order valence-corrected chi connectivity index (χ2v) is 7.38. The van der Waals surface area contributed by atoms with Crippen LogP contribution in [-0.2, 0) is 11.3 Å². The van der Waals surface area contributed by atoms with Crippen LogP contribution in [0.15, 0.2) is 0 Å². The maximum Gasteiger partial charge on any atom is 0.410 e. The summed E-state index contributed by atoms with van der Waals surface area (Å²) >= 11 is 0. The molecule has 1 fully saturated rings. The van der Waals surface area contributed by atoms with Gasteiger partial charge in [0.2, 0.25) is 0 Å². The summed E-state index contributed by atoms with van der Waals surface area (Å²) in [6.07, 6.45) is 2.00. The lowest BCUT2D eigenvalue weighted by molar-refractivity contribution is 0.0157. The van der Waals surface area contributed by atoms with E-state index in [2.05, 4.69) is 23.4 Å². The number of piperidine rings is 1. The zero-order valence-corrected chi connectivity index (χ0v) is 14.8. The molecular weight excluding hydrogens is 278 g/mol. The topological polar surface area (TPSA) is 47.4 Å². The van der Waals surface area contributed by atoms with Gasteiger partial charge in [0, 0.05) is 25.3 Å². The van der Waals surface area contributed by atoms with Crippen molar-refractivity contribution < 1.29 is 9.53 Å². The van der Waals surface area contributed by atoms with Crippen LogP contribution in [-0.4, -0.2) is 39.2 Å². The molecule has 1 saturated heterocycles. The molecule has 1 aliphatic heterocycles. The maximum absolute atomic E-state index is 12.2. The number of aryl methyl sites for hydroxylation is 2. The molecule has 124 valence electrons. The molecule has 2 rings (SSSR count). The number of likely N-dealkylation sites (tertiary alicyclic amines) is 1. The highest BCUT2D eigenvalue weighted by molar-refractivity contribution is 5.68. The molecule has 0 bridgehead atoms. The van der Waals surface area contributed by atoms with Crippen LogP contribution in [0.5, 0.6) is 0 Å². The van der Waals surface area contributed by atoms with Crippen molar-refractivity contribution in [2.45, 2.75) is 66.5 Å². The largest absolute Gasteiger partial charge is 0.444 e. The van der Waals surface area contributed by atoms with Gasteiger partial charge >= 0.3 is 6.09 Å². The molecule has 0 saturated carbocycles. The van der Waals surface area contributed by atoms with E-state index in [1.54, 1.807) is 0 Å². The average Bonchev–Trinajstić information content (AvgIpc) is 2.64. The molecule has 1 amide bonds. The Labute approximate surface area is 133 Å². The second kappa shape index (κ2) is 6.31. The van der Waals surface area contributed by atoms with Crippen molar-refractivity contribution in [3.63, 3.8) is 0 Å². The van der Waals surface area contributed by atoms with E-state index in [1.165, 1.54) is 5.69 Å². The van der Waals surface area contributed by atoms with Gasteiger partial charge in [-0.2, -0.15) is 0 Å². The first-order chi connectivity index (χ1) is 10.2. The number of imidazole rings is 1. The summed E-state index contributed by atoms with van der Waals surface area (Å²) in [6, 6.07) is 0. The Morgan fingerprint density at radius 2 is 2.00 bits per heavy atom. The Kier molecular flexibility index (Phi) is 4.83. The Hall–Kier alpha value is -1.52.